The van der Waals surface area contributed by atoms with Crippen molar-refractivity contribution in [2.75, 3.05) is 6.61 Å². The molecule has 0 atom stereocenters. The van der Waals surface area contributed by atoms with Crippen LogP contribution in [-0.2, 0) is 11.3 Å². The van der Waals surface area contributed by atoms with Gasteiger partial charge in [0, 0.05) is 6.61 Å². The van der Waals surface area contributed by atoms with Gasteiger partial charge in [-0.1, -0.05) is 50.1 Å². The first-order valence-electron chi connectivity index (χ1n) is 9.61. The van der Waals surface area contributed by atoms with E-state index in [1.807, 2.05) is 0 Å². The van der Waals surface area contributed by atoms with E-state index < -0.39 is 0 Å². The number of unbranched alkanes of at least 4 members (excludes halogenated alkanes) is 2. The van der Waals surface area contributed by atoms with Gasteiger partial charge in [-0.05, 0) is 67.9 Å². The van der Waals surface area contributed by atoms with Crippen LogP contribution in [0.3, 0.4) is 0 Å². The van der Waals surface area contributed by atoms with Gasteiger partial charge in [0.25, 0.3) is 0 Å². The summed E-state index contributed by atoms with van der Waals surface area (Å²) in [7, 11) is 0. The fourth-order valence-electron chi connectivity index (χ4n) is 3.67. The predicted molar refractivity (Wildman–Crippen MR) is 99.8 cm³/mol. The Kier molecular flexibility index (Phi) is 8.46. The van der Waals surface area contributed by atoms with Gasteiger partial charge in [0.1, 0.15) is 0 Å². The van der Waals surface area contributed by atoms with Gasteiger partial charge in [-0.15, -0.1) is 6.58 Å². The van der Waals surface area contributed by atoms with Crippen molar-refractivity contribution in [3.63, 3.8) is 0 Å². The van der Waals surface area contributed by atoms with Crippen molar-refractivity contribution in [1.29, 1.82) is 0 Å². The minimum atomic E-state index is 0.762. The van der Waals surface area contributed by atoms with Crippen LogP contribution in [0, 0.1) is 5.92 Å². The van der Waals surface area contributed by atoms with Crippen LogP contribution < -0.4 is 0 Å². The summed E-state index contributed by atoms with van der Waals surface area (Å²) in [5, 5.41) is 0. The predicted octanol–water partition coefficient (Wildman–Crippen LogP) is 6.63. The van der Waals surface area contributed by atoms with Crippen molar-refractivity contribution < 1.29 is 4.74 Å². The lowest BCUT2D eigenvalue weighted by atomic mass is 9.77. The minimum Gasteiger partial charge on any atom is -0.377 e. The lowest BCUT2D eigenvalue weighted by Crippen LogP contribution is -2.13. The molecule has 0 bridgehead atoms. The fraction of sp³-hybridized carbons (Fsp3) is 0.636. The van der Waals surface area contributed by atoms with Crippen molar-refractivity contribution in [2.24, 2.45) is 5.92 Å². The number of benzene rings is 1. The number of hydrogen-bond donors (Lipinski definition) is 0. The highest BCUT2D eigenvalue weighted by Gasteiger charge is 2.21. The highest BCUT2D eigenvalue weighted by molar-refractivity contribution is 5.25. The first-order valence-corrected chi connectivity index (χ1v) is 9.61. The van der Waals surface area contributed by atoms with E-state index in [1.165, 1.54) is 68.9 Å². The third kappa shape index (κ3) is 6.51. The summed E-state index contributed by atoms with van der Waals surface area (Å²) in [4.78, 5) is 0. The van der Waals surface area contributed by atoms with Crippen LogP contribution in [0.15, 0.2) is 36.9 Å². The molecular weight excluding hydrogens is 280 g/mol. The maximum absolute atomic E-state index is 5.75. The lowest BCUT2D eigenvalue weighted by molar-refractivity contribution is 0.117. The molecule has 1 saturated carbocycles. The molecule has 23 heavy (non-hydrogen) atoms. The lowest BCUT2D eigenvalue weighted by Gasteiger charge is -2.28. The van der Waals surface area contributed by atoms with Crippen molar-refractivity contribution in [1.82, 2.24) is 0 Å². The minimum absolute atomic E-state index is 0.762. The van der Waals surface area contributed by atoms with Gasteiger partial charge in [-0.3, -0.25) is 0 Å². The van der Waals surface area contributed by atoms with E-state index in [4.69, 9.17) is 4.74 Å². The van der Waals surface area contributed by atoms with E-state index in [0.29, 0.717) is 0 Å². The Morgan fingerprint density at radius 1 is 1.09 bits per heavy atom. The molecule has 0 radical (unpaired) electrons. The molecule has 1 aromatic carbocycles. The first kappa shape index (κ1) is 18.3. The standard InChI is InChI=1S/C22H34O/c1-3-5-7-17-23-18-20-11-15-22(16-12-20)21-13-9-19(10-14-21)8-6-4-2/h4,11-12,15-16,19,21H,2-3,5-10,13-14,17-18H2,1H3. The second kappa shape index (κ2) is 10.6. The third-order valence-electron chi connectivity index (χ3n) is 5.24. The average Bonchev–Trinajstić information content (AvgIpc) is 2.61. The summed E-state index contributed by atoms with van der Waals surface area (Å²) in [6.07, 6.45) is 13.8. The molecule has 1 aliphatic carbocycles. The van der Waals surface area contributed by atoms with Gasteiger partial charge in [0.2, 0.25) is 0 Å². The monoisotopic (exact) mass is 314 g/mol. The Hall–Kier alpha value is -1.08. The third-order valence-corrected chi connectivity index (χ3v) is 5.24. The molecule has 0 saturated heterocycles. The van der Waals surface area contributed by atoms with Gasteiger partial charge < -0.3 is 4.74 Å². The Morgan fingerprint density at radius 3 is 2.48 bits per heavy atom. The van der Waals surface area contributed by atoms with Gasteiger partial charge >= 0.3 is 0 Å². The van der Waals surface area contributed by atoms with Crippen LogP contribution in [0.4, 0.5) is 0 Å². The second-order valence-electron chi connectivity index (χ2n) is 7.08. The smallest absolute Gasteiger partial charge is 0.0716 e. The van der Waals surface area contributed by atoms with Crippen LogP contribution in [0.5, 0.6) is 0 Å². The summed E-state index contributed by atoms with van der Waals surface area (Å²) in [6.45, 7) is 7.72. The summed E-state index contributed by atoms with van der Waals surface area (Å²) in [6, 6.07) is 9.19. The molecule has 1 nitrogen and oxygen atoms in total. The van der Waals surface area contributed by atoms with Crippen molar-refractivity contribution in [2.45, 2.75) is 77.2 Å². The van der Waals surface area contributed by atoms with E-state index in [0.717, 1.165) is 25.0 Å². The molecular formula is C22H34O. The highest BCUT2D eigenvalue weighted by Crippen LogP contribution is 2.37. The molecule has 0 N–H and O–H groups in total. The molecule has 1 aromatic rings. The maximum atomic E-state index is 5.75. The van der Waals surface area contributed by atoms with E-state index in [1.54, 1.807) is 0 Å². The molecule has 2 rings (SSSR count). The Labute approximate surface area is 143 Å². The maximum Gasteiger partial charge on any atom is 0.0716 e. The van der Waals surface area contributed by atoms with Crippen LogP contribution in [0.25, 0.3) is 0 Å². The van der Waals surface area contributed by atoms with Crippen LogP contribution in [0.1, 0.15) is 81.8 Å². The topological polar surface area (TPSA) is 9.23 Å². The van der Waals surface area contributed by atoms with E-state index >= 15 is 0 Å². The normalized spacial score (nSPS) is 21.3. The summed E-state index contributed by atoms with van der Waals surface area (Å²) in [5.41, 5.74) is 2.84. The Balaban J connectivity index is 1.71. The van der Waals surface area contributed by atoms with Crippen LogP contribution in [0.2, 0.25) is 0 Å². The summed E-state index contributed by atoms with van der Waals surface area (Å²) in [5.74, 6) is 1.70. The SMILES string of the molecule is C=CCCC1CCC(c2ccc(COCCCCC)cc2)CC1. The van der Waals surface area contributed by atoms with E-state index in [9.17, 15) is 0 Å². The molecule has 0 aliphatic heterocycles. The van der Waals surface area contributed by atoms with Gasteiger partial charge in [0.05, 0.1) is 6.61 Å². The molecule has 1 heteroatoms. The molecule has 0 heterocycles. The van der Waals surface area contributed by atoms with Crippen LogP contribution in [-0.4, -0.2) is 6.61 Å². The molecule has 0 spiro atoms. The Morgan fingerprint density at radius 2 is 1.83 bits per heavy atom. The van der Waals surface area contributed by atoms with Gasteiger partial charge in [-0.2, -0.15) is 0 Å². The van der Waals surface area contributed by atoms with E-state index in [-0.39, 0.29) is 0 Å². The average molecular weight is 315 g/mol. The second-order valence-corrected chi connectivity index (χ2v) is 7.08. The fourth-order valence-corrected chi connectivity index (χ4v) is 3.67. The number of allylic oxidation sites excluding steroid dienone is 1. The largest absolute Gasteiger partial charge is 0.377 e. The zero-order valence-corrected chi connectivity index (χ0v) is 14.9. The molecule has 0 unspecified atom stereocenters. The van der Waals surface area contributed by atoms with Gasteiger partial charge in [-0.25, -0.2) is 0 Å². The van der Waals surface area contributed by atoms with E-state index in [2.05, 4.69) is 43.8 Å². The number of hydrogen-bond acceptors (Lipinski definition) is 1. The number of rotatable bonds is 10. The van der Waals surface area contributed by atoms with Crippen LogP contribution >= 0.6 is 0 Å². The quantitative estimate of drug-likeness (QED) is 0.348. The zero-order chi connectivity index (χ0) is 16.3. The summed E-state index contributed by atoms with van der Waals surface area (Å²) >= 11 is 0. The zero-order valence-electron chi connectivity index (χ0n) is 14.9. The highest BCUT2D eigenvalue weighted by atomic mass is 16.5. The molecule has 128 valence electrons. The molecule has 0 aromatic heterocycles. The molecule has 1 fully saturated rings. The number of ether oxygens (including phenoxy) is 1. The van der Waals surface area contributed by atoms with Crippen molar-refractivity contribution in [3.05, 3.63) is 48.0 Å². The molecule has 0 amide bonds. The van der Waals surface area contributed by atoms with Crippen molar-refractivity contribution in [3.8, 4) is 0 Å². The first-order chi connectivity index (χ1) is 11.3. The molecule has 1 aliphatic rings. The van der Waals surface area contributed by atoms with Gasteiger partial charge in [0.15, 0.2) is 0 Å². The van der Waals surface area contributed by atoms with Crippen molar-refractivity contribution >= 4 is 0 Å². The summed E-state index contributed by atoms with van der Waals surface area (Å²) < 4.78 is 5.75. The Bertz CT molecular complexity index is 426.